The van der Waals surface area contributed by atoms with Crippen LogP contribution in [0.25, 0.3) is 0 Å². The number of carbonyl (C=O) groups is 3. The molecule has 0 radical (unpaired) electrons. The van der Waals surface area contributed by atoms with E-state index in [1.165, 1.54) is 33.2 Å². The van der Waals surface area contributed by atoms with Gasteiger partial charge in [0.05, 0.1) is 17.1 Å². The van der Waals surface area contributed by atoms with Crippen molar-refractivity contribution >= 4 is 33.8 Å². The summed E-state index contributed by atoms with van der Waals surface area (Å²) in [7, 11) is 2.87. The molecule has 0 bridgehead atoms. The summed E-state index contributed by atoms with van der Waals surface area (Å²) in [6.07, 6.45) is -1.10. The van der Waals surface area contributed by atoms with Crippen LogP contribution in [0.3, 0.4) is 0 Å². The Labute approximate surface area is 130 Å². The summed E-state index contributed by atoms with van der Waals surface area (Å²) in [5.74, 6) is -0.829. The number of urea groups is 1. The molecule has 1 atom stereocenters. The van der Waals surface area contributed by atoms with Crippen LogP contribution in [0, 0.1) is 0 Å². The van der Waals surface area contributed by atoms with E-state index in [2.05, 4.69) is 21.2 Å². The van der Waals surface area contributed by atoms with Crippen LogP contribution in [0.4, 0.5) is 4.79 Å². The second-order valence-electron chi connectivity index (χ2n) is 3.97. The number of amides is 3. The lowest BCUT2D eigenvalue weighted by Gasteiger charge is -2.13. The normalized spacial score (nSPS) is 11.2. The van der Waals surface area contributed by atoms with Gasteiger partial charge in [0.25, 0.3) is 5.91 Å². The molecule has 0 spiro atoms. The number of esters is 1. The Morgan fingerprint density at radius 2 is 1.95 bits per heavy atom. The predicted molar refractivity (Wildman–Crippen MR) is 78.2 cm³/mol. The third-order valence-corrected chi connectivity index (χ3v) is 3.12. The first-order valence-electron chi connectivity index (χ1n) is 5.96. The van der Waals surface area contributed by atoms with E-state index < -0.39 is 24.0 Å². The fourth-order valence-corrected chi connectivity index (χ4v) is 1.89. The van der Waals surface area contributed by atoms with Gasteiger partial charge in [-0.3, -0.25) is 10.1 Å². The monoisotopic (exact) mass is 358 g/mol. The maximum Gasteiger partial charge on any atom is 0.338 e. The molecule has 1 rings (SSSR count). The Bertz CT molecular complexity index is 561. The van der Waals surface area contributed by atoms with E-state index in [1.807, 2.05) is 5.32 Å². The molecule has 0 saturated heterocycles. The number of hydrogen-bond donors (Lipinski definition) is 2. The summed E-state index contributed by atoms with van der Waals surface area (Å²) in [6, 6.07) is 3.95. The topological polar surface area (TPSA) is 93.7 Å². The SMILES string of the molecule is CNC(=O)NC(=O)[C@H](C)OC(=O)c1ccc(OC)c(Br)c1. The summed E-state index contributed by atoms with van der Waals surface area (Å²) in [6.45, 7) is 1.37. The van der Waals surface area contributed by atoms with E-state index in [-0.39, 0.29) is 5.56 Å². The molecule has 7 nitrogen and oxygen atoms in total. The van der Waals surface area contributed by atoms with Gasteiger partial charge in [0.1, 0.15) is 5.75 Å². The van der Waals surface area contributed by atoms with Crippen molar-refractivity contribution in [3.8, 4) is 5.75 Å². The first kappa shape index (κ1) is 17.0. The largest absolute Gasteiger partial charge is 0.496 e. The zero-order valence-electron chi connectivity index (χ0n) is 11.7. The lowest BCUT2D eigenvalue weighted by atomic mass is 10.2. The molecule has 0 fully saturated rings. The molecule has 8 heteroatoms. The molecule has 3 amide bonds. The molecule has 0 heterocycles. The van der Waals surface area contributed by atoms with E-state index in [0.29, 0.717) is 10.2 Å². The average Bonchev–Trinajstić information content (AvgIpc) is 2.46. The third-order valence-electron chi connectivity index (χ3n) is 2.50. The minimum atomic E-state index is -1.10. The first-order chi connectivity index (χ1) is 9.88. The fraction of sp³-hybridized carbons (Fsp3) is 0.308. The van der Waals surface area contributed by atoms with Crippen LogP contribution in [-0.4, -0.2) is 38.2 Å². The molecule has 0 unspecified atom stereocenters. The van der Waals surface area contributed by atoms with Crippen molar-refractivity contribution in [1.82, 2.24) is 10.6 Å². The quantitative estimate of drug-likeness (QED) is 0.794. The fourth-order valence-electron chi connectivity index (χ4n) is 1.35. The van der Waals surface area contributed by atoms with Crippen LogP contribution in [0.1, 0.15) is 17.3 Å². The standard InChI is InChI=1S/C13H15BrN2O5/c1-7(11(17)16-13(19)15-2)21-12(18)8-4-5-10(20-3)9(14)6-8/h4-7H,1-3H3,(H2,15,16,17,19)/t7-/m0/s1. The molecule has 114 valence electrons. The van der Waals surface area contributed by atoms with Crippen molar-refractivity contribution in [2.24, 2.45) is 0 Å². The number of hydrogen-bond acceptors (Lipinski definition) is 5. The van der Waals surface area contributed by atoms with Crippen LogP contribution in [-0.2, 0) is 9.53 Å². The zero-order valence-corrected chi connectivity index (χ0v) is 13.3. The Kier molecular flexibility index (Phi) is 6.16. The first-order valence-corrected chi connectivity index (χ1v) is 6.75. The van der Waals surface area contributed by atoms with Crippen molar-refractivity contribution in [3.63, 3.8) is 0 Å². The number of imide groups is 1. The Morgan fingerprint density at radius 3 is 2.48 bits per heavy atom. The third kappa shape index (κ3) is 4.75. The lowest BCUT2D eigenvalue weighted by molar-refractivity contribution is -0.127. The van der Waals surface area contributed by atoms with E-state index >= 15 is 0 Å². The summed E-state index contributed by atoms with van der Waals surface area (Å²) in [5, 5.41) is 4.24. The van der Waals surface area contributed by atoms with Crippen LogP contribution in [0.5, 0.6) is 5.75 Å². The van der Waals surface area contributed by atoms with Gasteiger partial charge < -0.3 is 14.8 Å². The number of halogens is 1. The smallest absolute Gasteiger partial charge is 0.338 e. The highest BCUT2D eigenvalue weighted by Crippen LogP contribution is 2.25. The number of nitrogens with one attached hydrogen (secondary N) is 2. The summed E-state index contributed by atoms with van der Waals surface area (Å²) >= 11 is 3.25. The van der Waals surface area contributed by atoms with Gasteiger partial charge in [-0.15, -0.1) is 0 Å². The summed E-state index contributed by atoms with van der Waals surface area (Å²) < 4.78 is 10.6. The highest BCUT2D eigenvalue weighted by Gasteiger charge is 2.20. The number of methoxy groups -OCH3 is 1. The lowest BCUT2D eigenvalue weighted by Crippen LogP contribution is -2.43. The van der Waals surface area contributed by atoms with Gasteiger partial charge in [0.15, 0.2) is 6.10 Å². The van der Waals surface area contributed by atoms with Crippen LogP contribution in [0.2, 0.25) is 0 Å². The highest BCUT2D eigenvalue weighted by molar-refractivity contribution is 9.10. The van der Waals surface area contributed by atoms with Gasteiger partial charge in [0.2, 0.25) is 0 Å². The van der Waals surface area contributed by atoms with E-state index in [4.69, 9.17) is 9.47 Å². The van der Waals surface area contributed by atoms with Crippen molar-refractivity contribution in [2.45, 2.75) is 13.0 Å². The maximum absolute atomic E-state index is 11.9. The van der Waals surface area contributed by atoms with Crippen molar-refractivity contribution < 1.29 is 23.9 Å². The molecule has 2 N–H and O–H groups in total. The molecule has 0 aliphatic carbocycles. The number of rotatable bonds is 4. The molecule has 0 aliphatic rings. The van der Waals surface area contributed by atoms with Crippen molar-refractivity contribution in [1.29, 1.82) is 0 Å². The van der Waals surface area contributed by atoms with Gasteiger partial charge in [-0.25, -0.2) is 9.59 Å². The zero-order chi connectivity index (χ0) is 16.0. The number of benzene rings is 1. The molecule has 1 aromatic carbocycles. The van der Waals surface area contributed by atoms with Gasteiger partial charge in [-0.1, -0.05) is 0 Å². The van der Waals surface area contributed by atoms with Crippen molar-refractivity contribution in [2.75, 3.05) is 14.2 Å². The molecular formula is C13H15BrN2O5. The summed E-state index contributed by atoms with van der Waals surface area (Å²) in [5.41, 5.74) is 0.252. The minimum absolute atomic E-state index is 0.252. The Balaban J connectivity index is 2.70. The van der Waals surface area contributed by atoms with E-state index in [1.54, 1.807) is 6.07 Å². The Hall–Kier alpha value is -2.09. The van der Waals surface area contributed by atoms with Gasteiger partial charge in [-0.05, 0) is 41.1 Å². The second-order valence-corrected chi connectivity index (χ2v) is 4.82. The molecule has 1 aromatic rings. The molecule has 0 aliphatic heterocycles. The van der Waals surface area contributed by atoms with Crippen LogP contribution < -0.4 is 15.4 Å². The number of ether oxygens (including phenoxy) is 2. The molecule has 21 heavy (non-hydrogen) atoms. The van der Waals surface area contributed by atoms with Crippen molar-refractivity contribution in [3.05, 3.63) is 28.2 Å². The average molecular weight is 359 g/mol. The minimum Gasteiger partial charge on any atom is -0.496 e. The summed E-state index contributed by atoms with van der Waals surface area (Å²) in [4.78, 5) is 34.5. The number of carbonyl (C=O) groups excluding carboxylic acids is 3. The van der Waals surface area contributed by atoms with E-state index in [9.17, 15) is 14.4 Å². The van der Waals surface area contributed by atoms with Gasteiger partial charge >= 0.3 is 12.0 Å². The van der Waals surface area contributed by atoms with Gasteiger partial charge in [0, 0.05) is 7.05 Å². The van der Waals surface area contributed by atoms with Crippen LogP contribution in [0.15, 0.2) is 22.7 Å². The van der Waals surface area contributed by atoms with Gasteiger partial charge in [-0.2, -0.15) is 0 Å². The van der Waals surface area contributed by atoms with E-state index in [0.717, 1.165) is 0 Å². The second kappa shape index (κ2) is 7.63. The molecule has 0 aromatic heterocycles. The van der Waals surface area contributed by atoms with Crippen LogP contribution >= 0.6 is 15.9 Å². The Morgan fingerprint density at radius 1 is 1.29 bits per heavy atom. The highest BCUT2D eigenvalue weighted by atomic mass is 79.9. The molecular weight excluding hydrogens is 344 g/mol. The predicted octanol–water partition coefficient (Wildman–Crippen LogP) is 1.46. The molecule has 0 saturated carbocycles. The maximum atomic E-state index is 11.9.